The Bertz CT molecular complexity index is 324. The van der Waals surface area contributed by atoms with Crippen molar-refractivity contribution in [2.75, 3.05) is 20.8 Å². The smallest absolute Gasteiger partial charge is 0.128 e. The summed E-state index contributed by atoms with van der Waals surface area (Å²) in [5, 5.41) is 0. The van der Waals surface area contributed by atoms with Crippen LogP contribution in [-0.4, -0.2) is 20.8 Å². The molecule has 15 heavy (non-hydrogen) atoms. The van der Waals surface area contributed by atoms with Crippen molar-refractivity contribution in [3.63, 3.8) is 0 Å². The maximum atomic E-state index is 5.52. The summed E-state index contributed by atoms with van der Waals surface area (Å²) in [6, 6.07) is 3.98. The molecule has 0 saturated heterocycles. The molecule has 0 saturated carbocycles. The molecule has 84 valence electrons. The average molecular weight is 209 g/mol. The third kappa shape index (κ3) is 2.63. The van der Waals surface area contributed by atoms with Gasteiger partial charge in [0.05, 0.1) is 14.2 Å². The van der Waals surface area contributed by atoms with Crippen molar-refractivity contribution in [1.82, 2.24) is 0 Å². The van der Waals surface area contributed by atoms with E-state index in [-0.39, 0.29) is 0 Å². The lowest BCUT2D eigenvalue weighted by atomic mass is 10.0. The number of rotatable bonds is 5. The summed E-state index contributed by atoms with van der Waals surface area (Å²) in [7, 11) is 3.36. The molecule has 1 aromatic carbocycles. The highest BCUT2D eigenvalue weighted by atomic mass is 16.5. The second-order valence-electron chi connectivity index (χ2n) is 3.49. The van der Waals surface area contributed by atoms with E-state index in [9.17, 15) is 0 Å². The minimum atomic E-state index is 0.681. The van der Waals surface area contributed by atoms with E-state index in [0.29, 0.717) is 6.54 Å². The molecule has 0 amide bonds. The fraction of sp³-hybridized carbons (Fsp3) is 0.500. The SMILES string of the molecule is COc1ccc(C)c(OC)c1CCCN. The predicted molar refractivity (Wildman–Crippen MR) is 61.7 cm³/mol. The predicted octanol–water partition coefficient (Wildman–Crippen LogP) is 1.90. The van der Waals surface area contributed by atoms with E-state index in [1.165, 1.54) is 0 Å². The van der Waals surface area contributed by atoms with Gasteiger partial charge < -0.3 is 15.2 Å². The van der Waals surface area contributed by atoms with Crippen LogP contribution < -0.4 is 15.2 Å². The number of hydrogen-bond acceptors (Lipinski definition) is 3. The van der Waals surface area contributed by atoms with Gasteiger partial charge in [-0.1, -0.05) is 6.07 Å². The number of aryl methyl sites for hydroxylation is 1. The second kappa shape index (κ2) is 5.61. The lowest BCUT2D eigenvalue weighted by Crippen LogP contribution is -2.04. The quantitative estimate of drug-likeness (QED) is 0.805. The molecule has 0 spiro atoms. The molecule has 0 atom stereocenters. The van der Waals surface area contributed by atoms with Crippen molar-refractivity contribution in [2.45, 2.75) is 19.8 Å². The molecule has 2 N–H and O–H groups in total. The van der Waals surface area contributed by atoms with Crippen LogP contribution in [0.2, 0.25) is 0 Å². The molecule has 0 aliphatic rings. The van der Waals surface area contributed by atoms with Gasteiger partial charge in [0.15, 0.2) is 0 Å². The van der Waals surface area contributed by atoms with Gasteiger partial charge in [-0.25, -0.2) is 0 Å². The molecule has 0 aromatic heterocycles. The molecule has 3 nitrogen and oxygen atoms in total. The first-order chi connectivity index (χ1) is 7.24. The Morgan fingerprint density at radius 1 is 1.20 bits per heavy atom. The highest BCUT2D eigenvalue weighted by molar-refractivity contribution is 5.49. The van der Waals surface area contributed by atoms with Gasteiger partial charge in [-0.2, -0.15) is 0 Å². The van der Waals surface area contributed by atoms with Gasteiger partial charge >= 0.3 is 0 Å². The Kier molecular flexibility index (Phi) is 4.43. The zero-order valence-electron chi connectivity index (χ0n) is 9.67. The average Bonchev–Trinajstić information content (AvgIpc) is 2.26. The zero-order chi connectivity index (χ0) is 11.3. The van der Waals surface area contributed by atoms with Gasteiger partial charge in [0.2, 0.25) is 0 Å². The van der Waals surface area contributed by atoms with E-state index < -0.39 is 0 Å². The molecule has 0 bridgehead atoms. The van der Waals surface area contributed by atoms with Gasteiger partial charge in [0.1, 0.15) is 11.5 Å². The molecular weight excluding hydrogens is 190 g/mol. The molecule has 0 aliphatic heterocycles. The normalized spacial score (nSPS) is 10.1. The summed E-state index contributed by atoms with van der Waals surface area (Å²) in [5.41, 5.74) is 7.76. The number of hydrogen-bond donors (Lipinski definition) is 1. The van der Waals surface area contributed by atoms with Crippen LogP contribution in [0.25, 0.3) is 0 Å². The highest BCUT2D eigenvalue weighted by Crippen LogP contribution is 2.32. The highest BCUT2D eigenvalue weighted by Gasteiger charge is 2.11. The number of nitrogens with two attached hydrogens (primary N) is 1. The molecule has 1 aromatic rings. The Morgan fingerprint density at radius 3 is 2.47 bits per heavy atom. The van der Waals surface area contributed by atoms with Crippen molar-refractivity contribution in [1.29, 1.82) is 0 Å². The van der Waals surface area contributed by atoms with E-state index in [1.807, 2.05) is 19.1 Å². The first-order valence-corrected chi connectivity index (χ1v) is 5.15. The van der Waals surface area contributed by atoms with Crippen LogP contribution in [0.15, 0.2) is 12.1 Å². The van der Waals surface area contributed by atoms with Gasteiger partial charge in [-0.15, -0.1) is 0 Å². The summed E-state index contributed by atoms with van der Waals surface area (Å²) in [6.07, 6.45) is 1.83. The summed E-state index contributed by atoms with van der Waals surface area (Å²) in [5.74, 6) is 1.80. The van der Waals surface area contributed by atoms with Gasteiger partial charge in [0.25, 0.3) is 0 Å². The fourth-order valence-corrected chi connectivity index (χ4v) is 1.72. The van der Waals surface area contributed by atoms with Gasteiger partial charge in [-0.05, 0) is 37.9 Å². The second-order valence-corrected chi connectivity index (χ2v) is 3.49. The zero-order valence-corrected chi connectivity index (χ0v) is 9.67. The van der Waals surface area contributed by atoms with Crippen LogP contribution in [-0.2, 0) is 6.42 Å². The molecule has 0 heterocycles. The van der Waals surface area contributed by atoms with Crippen molar-refractivity contribution in [3.8, 4) is 11.5 Å². The Morgan fingerprint density at radius 2 is 1.93 bits per heavy atom. The minimum Gasteiger partial charge on any atom is -0.496 e. The first-order valence-electron chi connectivity index (χ1n) is 5.15. The van der Waals surface area contributed by atoms with Crippen molar-refractivity contribution in [3.05, 3.63) is 23.3 Å². The molecular formula is C12H19NO2. The van der Waals surface area contributed by atoms with Crippen molar-refractivity contribution < 1.29 is 9.47 Å². The summed E-state index contributed by atoms with van der Waals surface area (Å²) < 4.78 is 10.7. The van der Waals surface area contributed by atoms with E-state index in [0.717, 1.165) is 35.5 Å². The number of ether oxygens (including phenoxy) is 2. The minimum absolute atomic E-state index is 0.681. The van der Waals surface area contributed by atoms with E-state index in [2.05, 4.69) is 0 Å². The molecule has 0 unspecified atom stereocenters. The maximum Gasteiger partial charge on any atom is 0.128 e. The Hall–Kier alpha value is -1.22. The van der Waals surface area contributed by atoms with Crippen LogP contribution in [0.1, 0.15) is 17.5 Å². The molecule has 1 rings (SSSR count). The van der Waals surface area contributed by atoms with Crippen LogP contribution >= 0.6 is 0 Å². The molecule has 0 radical (unpaired) electrons. The monoisotopic (exact) mass is 209 g/mol. The Balaban J connectivity index is 3.09. The Labute approximate surface area is 91.2 Å². The lowest BCUT2D eigenvalue weighted by Gasteiger charge is -2.14. The summed E-state index contributed by atoms with van der Waals surface area (Å²) >= 11 is 0. The van der Waals surface area contributed by atoms with Crippen LogP contribution in [0.4, 0.5) is 0 Å². The van der Waals surface area contributed by atoms with Gasteiger partial charge in [0, 0.05) is 5.56 Å². The largest absolute Gasteiger partial charge is 0.496 e. The fourth-order valence-electron chi connectivity index (χ4n) is 1.72. The summed E-state index contributed by atoms with van der Waals surface area (Å²) in [6.45, 7) is 2.71. The van der Waals surface area contributed by atoms with E-state index >= 15 is 0 Å². The van der Waals surface area contributed by atoms with Crippen LogP contribution in [0.3, 0.4) is 0 Å². The third-order valence-electron chi connectivity index (χ3n) is 2.47. The molecule has 3 heteroatoms. The molecule has 0 fully saturated rings. The van der Waals surface area contributed by atoms with Gasteiger partial charge in [-0.3, -0.25) is 0 Å². The van der Waals surface area contributed by atoms with Crippen LogP contribution in [0.5, 0.6) is 11.5 Å². The first kappa shape index (κ1) is 11.9. The van der Waals surface area contributed by atoms with Crippen molar-refractivity contribution >= 4 is 0 Å². The standard InChI is InChI=1S/C12H19NO2/c1-9-6-7-11(14-2)10(5-4-8-13)12(9)15-3/h6-7H,4-5,8,13H2,1-3H3. The topological polar surface area (TPSA) is 44.5 Å². The van der Waals surface area contributed by atoms with E-state index in [1.54, 1.807) is 14.2 Å². The third-order valence-corrected chi connectivity index (χ3v) is 2.47. The van der Waals surface area contributed by atoms with Crippen LogP contribution in [0, 0.1) is 6.92 Å². The number of benzene rings is 1. The van der Waals surface area contributed by atoms with E-state index in [4.69, 9.17) is 15.2 Å². The van der Waals surface area contributed by atoms with Crippen molar-refractivity contribution in [2.24, 2.45) is 5.73 Å². The number of methoxy groups -OCH3 is 2. The molecule has 0 aliphatic carbocycles. The lowest BCUT2D eigenvalue weighted by molar-refractivity contribution is 0.382. The summed E-state index contributed by atoms with van der Waals surface area (Å²) in [4.78, 5) is 0. The maximum absolute atomic E-state index is 5.52.